The number of aliphatic hydroxyl groups excluding tert-OH is 1. The van der Waals surface area contributed by atoms with Crippen LogP contribution in [0.4, 0.5) is 5.69 Å². The Hall–Kier alpha value is -2.14. The van der Waals surface area contributed by atoms with E-state index in [0.29, 0.717) is 11.1 Å². The lowest BCUT2D eigenvalue weighted by Crippen LogP contribution is -2.21. The lowest BCUT2D eigenvalue weighted by molar-refractivity contribution is -0.118. The second-order valence-electron chi connectivity index (χ2n) is 3.59. The Labute approximate surface area is 96.7 Å². The predicted molar refractivity (Wildman–Crippen MR) is 62.9 cm³/mol. The summed E-state index contributed by atoms with van der Waals surface area (Å²) in [6.45, 7) is 1.04. The van der Waals surface area contributed by atoms with E-state index in [0.717, 1.165) is 5.39 Å². The predicted octanol–water partition coefficient (Wildman–Crippen LogP) is 1.03. The third-order valence-corrected chi connectivity index (χ3v) is 2.48. The molecule has 17 heavy (non-hydrogen) atoms. The molecule has 2 aromatic rings. The van der Waals surface area contributed by atoms with Crippen molar-refractivity contribution in [2.24, 2.45) is 0 Å². The molecule has 0 unspecified atom stereocenters. The number of aliphatic hydroxyl groups is 1. The monoisotopic (exact) mass is 233 g/mol. The van der Waals surface area contributed by atoms with Gasteiger partial charge < -0.3 is 14.8 Å². The third kappa shape index (κ3) is 2.05. The number of amides is 1. The molecular weight excluding hydrogens is 222 g/mol. The van der Waals surface area contributed by atoms with E-state index in [1.165, 1.54) is 0 Å². The summed E-state index contributed by atoms with van der Waals surface area (Å²) in [6.07, 6.45) is 0. The number of hydrogen-bond acceptors (Lipinski definition) is 4. The zero-order valence-electron chi connectivity index (χ0n) is 9.19. The molecule has 1 amide bonds. The molecule has 1 heterocycles. The first-order valence-electron chi connectivity index (χ1n) is 5.06. The number of benzene rings is 1. The Kier molecular flexibility index (Phi) is 2.93. The first-order chi connectivity index (χ1) is 8.13. The van der Waals surface area contributed by atoms with Crippen molar-refractivity contribution in [3.63, 3.8) is 0 Å². The van der Waals surface area contributed by atoms with Crippen LogP contribution in [0.25, 0.3) is 11.0 Å². The van der Waals surface area contributed by atoms with E-state index in [2.05, 4.69) is 5.32 Å². The van der Waals surface area contributed by atoms with Gasteiger partial charge in [-0.1, -0.05) is 18.2 Å². The first kappa shape index (κ1) is 11.3. The minimum absolute atomic E-state index is 0.0720. The molecule has 0 aliphatic heterocycles. The highest BCUT2D eigenvalue weighted by Gasteiger charge is 2.12. The van der Waals surface area contributed by atoms with Gasteiger partial charge in [0.25, 0.3) is 0 Å². The maximum absolute atomic E-state index is 11.6. The van der Waals surface area contributed by atoms with Crippen LogP contribution in [0.1, 0.15) is 5.56 Å². The van der Waals surface area contributed by atoms with E-state index in [9.17, 15) is 9.59 Å². The topological polar surface area (TPSA) is 79.5 Å². The SMILES string of the molecule is Cc1c(NC(=O)CO)c(=O)oc2ccccc12. The van der Waals surface area contributed by atoms with Crippen LogP contribution in [0.15, 0.2) is 33.5 Å². The van der Waals surface area contributed by atoms with Crippen LogP contribution in [0, 0.1) is 6.92 Å². The largest absolute Gasteiger partial charge is 0.421 e. The fraction of sp³-hybridized carbons (Fsp3) is 0.167. The lowest BCUT2D eigenvalue weighted by atomic mass is 10.1. The Bertz CT molecular complexity index is 630. The van der Waals surface area contributed by atoms with Gasteiger partial charge in [-0.3, -0.25) is 4.79 Å². The average Bonchev–Trinajstić information content (AvgIpc) is 2.34. The van der Waals surface area contributed by atoms with Crippen LogP contribution in [0.3, 0.4) is 0 Å². The van der Waals surface area contributed by atoms with Gasteiger partial charge in [0.2, 0.25) is 5.91 Å². The van der Waals surface area contributed by atoms with Crippen LogP contribution in [0.5, 0.6) is 0 Å². The number of carbonyl (C=O) groups is 1. The smallest absolute Gasteiger partial charge is 0.360 e. The summed E-state index contributed by atoms with van der Waals surface area (Å²) in [6, 6.07) is 7.05. The molecule has 1 aromatic heterocycles. The summed E-state index contributed by atoms with van der Waals surface area (Å²) in [5.74, 6) is -0.643. The highest BCUT2D eigenvalue weighted by molar-refractivity contribution is 5.95. The van der Waals surface area contributed by atoms with Gasteiger partial charge in [0.05, 0.1) is 0 Å². The van der Waals surface area contributed by atoms with Crippen LogP contribution in [0.2, 0.25) is 0 Å². The van der Waals surface area contributed by atoms with E-state index in [4.69, 9.17) is 9.52 Å². The van der Waals surface area contributed by atoms with Gasteiger partial charge >= 0.3 is 5.63 Å². The number of aryl methyl sites for hydroxylation is 1. The maximum atomic E-state index is 11.6. The van der Waals surface area contributed by atoms with Gasteiger partial charge in [0, 0.05) is 5.39 Å². The molecule has 0 atom stereocenters. The maximum Gasteiger partial charge on any atom is 0.360 e. The van der Waals surface area contributed by atoms with Gasteiger partial charge in [0.15, 0.2) is 0 Å². The standard InChI is InChI=1S/C12H11NO4/c1-7-8-4-2-3-5-9(8)17-12(16)11(7)13-10(15)6-14/h2-5,14H,6H2,1H3,(H,13,15). The molecule has 88 valence electrons. The van der Waals surface area contributed by atoms with Crippen molar-refractivity contribution in [1.82, 2.24) is 0 Å². The molecular formula is C12H11NO4. The highest BCUT2D eigenvalue weighted by atomic mass is 16.4. The average molecular weight is 233 g/mol. The van der Waals surface area contributed by atoms with Gasteiger partial charge in [-0.25, -0.2) is 4.79 Å². The van der Waals surface area contributed by atoms with Crippen molar-refractivity contribution < 1.29 is 14.3 Å². The Morgan fingerprint density at radius 3 is 2.82 bits per heavy atom. The normalized spacial score (nSPS) is 10.5. The summed E-state index contributed by atoms with van der Waals surface area (Å²) >= 11 is 0. The molecule has 0 aliphatic carbocycles. The van der Waals surface area contributed by atoms with Gasteiger partial charge in [-0.05, 0) is 18.6 Å². The number of carbonyl (C=O) groups excluding carboxylic acids is 1. The Balaban J connectivity index is 2.64. The fourth-order valence-electron chi connectivity index (χ4n) is 1.63. The van der Waals surface area contributed by atoms with Crippen LogP contribution in [-0.2, 0) is 4.79 Å². The van der Waals surface area contributed by atoms with E-state index < -0.39 is 18.1 Å². The van der Waals surface area contributed by atoms with Crippen LogP contribution >= 0.6 is 0 Å². The van der Waals surface area contributed by atoms with E-state index in [-0.39, 0.29) is 5.69 Å². The quantitative estimate of drug-likeness (QED) is 0.759. The van der Waals surface area contributed by atoms with Crippen molar-refractivity contribution in [3.8, 4) is 0 Å². The number of fused-ring (bicyclic) bond motifs is 1. The molecule has 1 aromatic carbocycles. The minimum atomic E-state index is -0.675. The number of rotatable bonds is 2. The summed E-state index contributed by atoms with van der Waals surface area (Å²) in [4.78, 5) is 22.7. The molecule has 0 spiro atoms. The van der Waals surface area contributed by atoms with Gasteiger partial charge in [-0.2, -0.15) is 0 Å². The molecule has 0 fully saturated rings. The highest BCUT2D eigenvalue weighted by Crippen LogP contribution is 2.21. The van der Waals surface area contributed by atoms with Crippen LogP contribution in [-0.4, -0.2) is 17.6 Å². The molecule has 5 heteroatoms. The number of hydrogen-bond donors (Lipinski definition) is 2. The first-order valence-corrected chi connectivity index (χ1v) is 5.06. The Morgan fingerprint density at radius 1 is 1.41 bits per heavy atom. The number of nitrogens with one attached hydrogen (secondary N) is 1. The van der Waals surface area contributed by atoms with Crippen molar-refractivity contribution in [2.45, 2.75) is 6.92 Å². The molecule has 0 aliphatic rings. The lowest BCUT2D eigenvalue weighted by Gasteiger charge is -2.07. The number of para-hydroxylation sites is 1. The summed E-state index contributed by atoms with van der Waals surface area (Å²) in [7, 11) is 0. The molecule has 5 nitrogen and oxygen atoms in total. The van der Waals surface area contributed by atoms with Crippen molar-refractivity contribution >= 4 is 22.6 Å². The van der Waals surface area contributed by atoms with Crippen molar-refractivity contribution in [3.05, 3.63) is 40.2 Å². The zero-order chi connectivity index (χ0) is 12.4. The second-order valence-corrected chi connectivity index (χ2v) is 3.59. The van der Waals surface area contributed by atoms with Gasteiger partial charge in [-0.15, -0.1) is 0 Å². The van der Waals surface area contributed by atoms with Crippen molar-refractivity contribution in [1.29, 1.82) is 0 Å². The summed E-state index contributed by atoms with van der Waals surface area (Å²) in [5, 5.41) is 11.7. The van der Waals surface area contributed by atoms with E-state index in [1.54, 1.807) is 25.1 Å². The Morgan fingerprint density at radius 2 is 2.12 bits per heavy atom. The van der Waals surface area contributed by atoms with Crippen molar-refractivity contribution in [2.75, 3.05) is 11.9 Å². The molecule has 2 rings (SSSR count). The second kappa shape index (κ2) is 4.39. The molecule has 0 radical (unpaired) electrons. The molecule has 0 bridgehead atoms. The molecule has 0 saturated carbocycles. The van der Waals surface area contributed by atoms with E-state index in [1.807, 2.05) is 6.07 Å². The van der Waals surface area contributed by atoms with Gasteiger partial charge in [0.1, 0.15) is 17.9 Å². The van der Waals surface area contributed by atoms with E-state index >= 15 is 0 Å². The fourth-order valence-corrected chi connectivity index (χ4v) is 1.63. The third-order valence-electron chi connectivity index (χ3n) is 2.48. The zero-order valence-corrected chi connectivity index (χ0v) is 9.19. The summed E-state index contributed by atoms with van der Waals surface area (Å²) in [5.41, 5.74) is 0.543. The molecule has 2 N–H and O–H groups in total. The van der Waals surface area contributed by atoms with Crippen LogP contribution < -0.4 is 10.9 Å². The number of anilines is 1. The summed E-state index contributed by atoms with van der Waals surface area (Å²) < 4.78 is 5.07. The minimum Gasteiger partial charge on any atom is -0.421 e. The molecule has 0 saturated heterocycles.